The molecule has 20 heavy (non-hydrogen) atoms. The van der Waals surface area contributed by atoms with Crippen molar-refractivity contribution < 1.29 is 13.8 Å². The molecule has 0 aliphatic rings. The molecule has 0 aliphatic heterocycles. The topological polar surface area (TPSA) is 87.7 Å². The van der Waals surface area contributed by atoms with Crippen molar-refractivity contribution in [1.29, 1.82) is 0 Å². The van der Waals surface area contributed by atoms with Gasteiger partial charge < -0.3 is 16.3 Å². The summed E-state index contributed by atoms with van der Waals surface area (Å²) in [6.45, 7) is 3.08. The van der Waals surface area contributed by atoms with E-state index in [2.05, 4.69) is 10.5 Å². The maximum absolute atomic E-state index is 13.2. The van der Waals surface area contributed by atoms with Crippen molar-refractivity contribution in [2.45, 2.75) is 25.1 Å². The molecule has 0 amide bonds. The van der Waals surface area contributed by atoms with Gasteiger partial charge in [0.25, 0.3) is 0 Å². The second-order valence-electron chi connectivity index (χ2n) is 4.56. The zero-order valence-electron chi connectivity index (χ0n) is 11.6. The van der Waals surface area contributed by atoms with Crippen molar-refractivity contribution in [3.63, 3.8) is 0 Å². The quantitative estimate of drug-likeness (QED) is 0.232. The van der Waals surface area contributed by atoms with Crippen molar-refractivity contribution in [3.05, 3.63) is 35.1 Å². The Balaban J connectivity index is 2.62. The van der Waals surface area contributed by atoms with Crippen molar-refractivity contribution in [2.75, 3.05) is 12.8 Å². The molecule has 1 aromatic rings. The van der Waals surface area contributed by atoms with Crippen LogP contribution in [0.5, 0.6) is 0 Å². The van der Waals surface area contributed by atoms with Crippen LogP contribution in [0.25, 0.3) is 0 Å². The van der Waals surface area contributed by atoms with E-state index < -0.39 is 16.6 Å². The van der Waals surface area contributed by atoms with Crippen LogP contribution in [0.1, 0.15) is 24.5 Å². The molecule has 0 aromatic heterocycles. The minimum atomic E-state index is -0.836. The van der Waals surface area contributed by atoms with E-state index in [1.165, 1.54) is 12.1 Å². The van der Waals surface area contributed by atoms with Crippen LogP contribution in [-0.2, 0) is 17.3 Å². The van der Waals surface area contributed by atoms with Crippen LogP contribution in [0.4, 0.5) is 4.39 Å². The number of nitrogens with two attached hydrogens (primary N) is 1. The second-order valence-corrected chi connectivity index (χ2v) is 6.36. The molecule has 1 aromatic carbocycles. The highest BCUT2D eigenvalue weighted by Gasteiger charge is 2.09. The van der Waals surface area contributed by atoms with E-state index in [4.69, 9.17) is 10.9 Å². The summed E-state index contributed by atoms with van der Waals surface area (Å²) in [7, 11) is -0.836. The zero-order chi connectivity index (χ0) is 15.1. The zero-order valence-corrected chi connectivity index (χ0v) is 12.4. The van der Waals surface area contributed by atoms with Gasteiger partial charge in [0.05, 0.1) is 0 Å². The molecule has 0 aliphatic carbocycles. The summed E-state index contributed by atoms with van der Waals surface area (Å²) in [5.41, 5.74) is 6.63. The number of rotatable bonds is 7. The van der Waals surface area contributed by atoms with Gasteiger partial charge in [0.1, 0.15) is 5.82 Å². The van der Waals surface area contributed by atoms with E-state index in [0.29, 0.717) is 18.7 Å². The van der Waals surface area contributed by atoms with Gasteiger partial charge in [0.15, 0.2) is 5.84 Å². The van der Waals surface area contributed by atoms with Crippen LogP contribution in [0, 0.1) is 5.82 Å². The smallest absolute Gasteiger partial charge is 0.170 e. The fraction of sp³-hybridized carbons (Fsp3) is 0.462. The van der Waals surface area contributed by atoms with Gasteiger partial charge in [-0.05, 0) is 30.7 Å². The molecule has 0 heterocycles. The van der Waals surface area contributed by atoms with Crippen molar-refractivity contribution in [1.82, 2.24) is 5.32 Å². The highest BCUT2D eigenvalue weighted by molar-refractivity contribution is 7.84. The summed E-state index contributed by atoms with van der Waals surface area (Å²) in [6, 6.07) is 4.15. The highest BCUT2D eigenvalue weighted by Crippen LogP contribution is 2.11. The lowest BCUT2D eigenvalue weighted by molar-refractivity contribution is 0.318. The molecule has 0 bridgehead atoms. The molecule has 0 saturated carbocycles. The van der Waals surface area contributed by atoms with Gasteiger partial charge in [-0.2, -0.15) is 0 Å². The number of amidine groups is 1. The second kappa shape index (κ2) is 7.96. The molecule has 1 rings (SSSR count). The number of nitrogens with zero attached hydrogens (tertiary/aromatic N) is 1. The van der Waals surface area contributed by atoms with Gasteiger partial charge in [-0.1, -0.05) is 18.1 Å². The van der Waals surface area contributed by atoms with E-state index in [9.17, 15) is 8.60 Å². The van der Waals surface area contributed by atoms with Gasteiger partial charge in [0.2, 0.25) is 0 Å². The normalized spacial score (nSPS) is 15.1. The number of nitrogens with one attached hydrogen (secondary N) is 1. The standard InChI is InChI=1S/C13H20FN3O2S/c1-9(20(2)19)5-6-16-8-10-3-4-11(14)7-12(10)13(15)17-18/h3-4,7,9,16,18H,5-6,8H2,1-2H3,(H2,15,17). The Morgan fingerprint density at radius 1 is 1.60 bits per heavy atom. The largest absolute Gasteiger partial charge is 0.409 e. The van der Waals surface area contributed by atoms with Crippen LogP contribution in [0.15, 0.2) is 23.4 Å². The van der Waals surface area contributed by atoms with Crippen LogP contribution in [0.3, 0.4) is 0 Å². The van der Waals surface area contributed by atoms with E-state index >= 15 is 0 Å². The number of hydrogen-bond donors (Lipinski definition) is 3. The fourth-order valence-electron chi connectivity index (χ4n) is 1.69. The average molecular weight is 301 g/mol. The van der Waals surface area contributed by atoms with Crippen molar-refractivity contribution >= 4 is 16.6 Å². The summed E-state index contributed by atoms with van der Waals surface area (Å²) in [6.07, 6.45) is 2.46. The molecule has 112 valence electrons. The van der Waals surface area contributed by atoms with Gasteiger partial charge >= 0.3 is 0 Å². The third kappa shape index (κ3) is 4.90. The molecule has 0 radical (unpaired) electrons. The summed E-state index contributed by atoms with van der Waals surface area (Å²) in [4.78, 5) is 0. The average Bonchev–Trinajstić information content (AvgIpc) is 2.43. The van der Waals surface area contributed by atoms with E-state index in [1.807, 2.05) is 6.92 Å². The fourth-order valence-corrected chi connectivity index (χ4v) is 2.14. The lowest BCUT2D eigenvalue weighted by Crippen LogP contribution is -2.23. The third-order valence-corrected chi connectivity index (χ3v) is 4.43. The van der Waals surface area contributed by atoms with E-state index in [1.54, 1.807) is 12.3 Å². The van der Waals surface area contributed by atoms with Gasteiger partial charge in [0, 0.05) is 34.4 Å². The van der Waals surface area contributed by atoms with E-state index in [0.717, 1.165) is 12.0 Å². The number of hydrogen-bond acceptors (Lipinski definition) is 4. The molecular weight excluding hydrogens is 281 g/mol. The molecule has 5 nitrogen and oxygen atoms in total. The molecule has 2 unspecified atom stereocenters. The first-order chi connectivity index (χ1) is 9.45. The molecule has 0 saturated heterocycles. The highest BCUT2D eigenvalue weighted by atomic mass is 32.2. The predicted molar refractivity (Wildman–Crippen MR) is 78.8 cm³/mol. The monoisotopic (exact) mass is 301 g/mol. The van der Waals surface area contributed by atoms with Crippen molar-refractivity contribution in [3.8, 4) is 0 Å². The number of oxime groups is 1. The molecule has 0 spiro atoms. The molecule has 2 atom stereocenters. The van der Waals surface area contributed by atoms with Gasteiger partial charge in [-0.25, -0.2) is 4.39 Å². The third-order valence-electron chi connectivity index (χ3n) is 3.07. The Morgan fingerprint density at radius 3 is 2.90 bits per heavy atom. The van der Waals surface area contributed by atoms with Crippen LogP contribution < -0.4 is 11.1 Å². The Kier molecular flexibility index (Phi) is 6.60. The minimum Gasteiger partial charge on any atom is -0.409 e. The Hall–Kier alpha value is -1.47. The summed E-state index contributed by atoms with van der Waals surface area (Å²) >= 11 is 0. The summed E-state index contributed by atoms with van der Waals surface area (Å²) in [5.74, 6) is -0.560. The first-order valence-corrected chi connectivity index (χ1v) is 7.87. The number of halogens is 1. The maximum Gasteiger partial charge on any atom is 0.170 e. The van der Waals surface area contributed by atoms with Gasteiger partial charge in [-0.3, -0.25) is 4.21 Å². The molecule has 0 fully saturated rings. The lowest BCUT2D eigenvalue weighted by Gasteiger charge is -2.11. The Labute approximate surface area is 120 Å². The predicted octanol–water partition coefficient (Wildman–Crippen LogP) is 1.17. The van der Waals surface area contributed by atoms with Crippen LogP contribution >= 0.6 is 0 Å². The van der Waals surface area contributed by atoms with Crippen LogP contribution in [0.2, 0.25) is 0 Å². The van der Waals surface area contributed by atoms with Crippen LogP contribution in [-0.4, -0.2) is 33.3 Å². The maximum atomic E-state index is 13.2. The Bertz CT molecular complexity index is 508. The van der Waals surface area contributed by atoms with E-state index in [-0.39, 0.29) is 11.1 Å². The molecular formula is C13H20FN3O2S. The number of benzene rings is 1. The molecule has 4 N–H and O–H groups in total. The first-order valence-electron chi connectivity index (χ1n) is 6.25. The first kappa shape index (κ1) is 16.6. The minimum absolute atomic E-state index is 0.121. The summed E-state index contributed by atoms with van der Waals surface area (Å²) < 4.78 is 24.4. The Morgan fingerprint density at radius 2 is 2.30 bits per heavy atom. The SMILES string of the molecule is CC(CCNCc1ccc(F)cc1/C(N)=N/O)S(C)=O. The summed E-state index contributed by atoms with van der Waals surface area (Å²) in [5, 5.41) is 14.9. The molecule has 7 heteroatoms. The van der Waals surface area contributed by atoms with Crippen molar-refractivity contribution in [2.24, 2.45) is 10.9 Å². The van der Waals surface area contributed by atoms with Gasteiger partial charge in [-0.15, -0.1) is 0 Å². The lowest BCUT2D eigenvalue weighted by atomic mass is 10.1.